The van der Waals surface area contributed by atoms with E-state index in [1.54, 1.807) is 13.0 Å². The minimum Gasteiger partial charge on any atom is -0.346 e. The molecule has 1 amide bonds. The quantitative estimate of drug-likeness (QED) is 0.876. The number of alkyl halides is 3. The van der Waals surface area contributed by atoms with Crippen LogP contribution in [-0.2, 0) is 4.79 Å². The van der Waals surface area contributed by atoms with Crippen molar-refractivity contribution in [1.29, 1.82) is 0 Å². The standard InChI is InChI=1S/C14H14F3N3OS/c1-8-13(20-11-6-4-3-5-10(11)19-8)22-9(2)12(21)18-7-14(15,16)17/h3-6,9H,7H2,1-2H3,(H,18,21). The zero-order valence-electron chi connectivity index (χ0n) is 11.9. The third kappa shape index (κ3) is 4.33. The molecule has 2 aromatic rings. The highest BCUT2D eigenvalue weighted by atomic mass is 32.2. The summed E-state index contributed by atoms with van der Waals surface area (Å²) in [5, 5.41) is 1.70. The van der Waals surface area contributed by atoms with Crippen molar-refractivity contribution in [3.05, 3.63) is 30.0 Å². The van der Waals surface area contributed by atoms with E-state index < -0.39 is 23.9 Å². The van der Waals surface area contributed by atoms with E-state index in [1.165, 1.54) is 6.92 Å². The number of amides is 1. The molecule has 0 saturated heterocycles. The van der Waals surface area contributed by atoms with E-state index in [0.29, 0.717) is 16.2 Å². The van der Waals surface area contributed by atoms with Gasteiger partial charge in [0.25, 0.3) is 0 Å². The van der Waals surface area contributed by atoms with Crippen LogP contribution < -0.4 is 5.32 Å². The minimum atomic E-state index is -4.42. The van der Waals surface area contributed by atoms with Gasteiger partial charge in [0.1, 0.15) is 11.6 Å². The van der Waals surface area contributed by atoms with Crippen LogP contribution in [0.5, 0.6) is 0 Å². The molecule has 1 atom stereocenters. The Labute approximate surface area is 129 Å². The van der Waals surface area contributed by atoms with Gasteiger partial charge in [-0.3, -0.25) is 4.79 Å². The smallest absolute Gasteiger partial charge is 0.346 e. The summed E-state index contributed by atoms with van der Waals surface area (Å²) >= 11 is 1.09. The summed E-state index contributed by atoms with van der Waals surface area (Å²) in [7, 11) is 0. The molecule has 1 unspecified atom stereocenters. The Hall–Kier alpha value is -1.83. The Morgan fingerprint density at radius 1 is 1.27 bits per heavy atom. The lowest BCUT2D eigenvalue weighted by Crippen LogP contribution is -2.38. The zero-order chi connectivity index (χ0) is 16.3. The number of hydrogen-bond acceptors (Lipinski definition) is 4. The highest BCUT2D eigenvalue weighted by Crippen LogP contribution is 2.26. The Balaban J connectivity index is 2.09. The van der Waals surface area contributed by atoms with Gasteiger partial charge in [-0.2, -0.15) is 13.2 Å². The number of rotatable bonds is 4. The number of fused-ring (bicyclic) bond motifs is 1. The van der Waals surface area contributed by atoms with Gasteiger partial charge < -0.3 is 5.32 Å². The fourth-order valence-corrected chi connectivity index (χ4v) is 2.63. The van der Waals surface area contributed by atoms with Gasteiger partial charge in [-0.25, -0.2) is 9.97 Å². The second kappa shape index (κ2) is 6.51. The second-order valence-corrected chi connectivity index (χ2v) is 6.03. The van der Waals surface area contributed by atoms with Crippen LogP contribution in [0.15, 0.2) is 29.3 Å². The summed E-state index contributed by atoms with van der Waals surface area (Å²) in [6, 6.07) is 7.28. The van der Waals surface area contributed by atoms with Crippen molar-refractivity contribution in [2.75, 3.05) is 6.54 Å². The third-order valence-corrected chi connectivity index (χ3v) is 4.00. The highest BCUT2D eigenvalue weighted by Gasteiger charge is 2.29. The summed E-state index contributed by atoms with van der Waals surface area (Å²) in [6.07, 6.45) is -4.42. The van der Waals surface area contributed by atoms with E-state index in [-0.39, 0.29) is 0 Å². The fourth-order valence-electron chi connectivity index (χ4n) is 1.74. The van der Waals surface area contributed by atoms with Gasteiger partial charge in [0.05, 0.1) is 22.0 Å². The minimum absolute atomic E-state index is 0.536. The summed E-state index contributed by atoms with van der Waals surface area (Å²) in [6.45, 7) is 1.95. The maximum Gasteiger partial charge on any atom is 0.405 e. The molecule has 0 spiro atoms. The summed E-state index contributed by atoms with van der Waals surface area (Å²) in [5.74, 6) is -0.684. The number of benzene rings is 1. The van der Waals surface area contributed by atoms with E-state index in [1.807, 2.05) is 23.5 Å². The predicted molar refractivity (Wildman–Crippen MR) is 78.7 cm³/mol. The normalized spacial score (nSPS) is 13.1. The molecule has 0 radical (unpaired) electrons. The van der Waals surface area contributed by atoms with Crippen molar-refractivity contribution in [3.63, 3.8) is 0 Å². The molecule has 0 saturated carbocycles. The SMILES string of the molecule is Cc1nc2ccccc2nc1SC(C)C(=O)NCC(F)(F)F. The van der Waals surface area contributed by atoms with Gasteiger partial charge in [0.15, 0.2) is 0 Å². The van der Waals surface area contributed by atoms with Crippen LogP contribution in [0.25, 0.3) is 11.0 Å². The molecule has 0 fully saturated rings. The van der Waals surface area contributed by atoms with Crippen molar-refractivity contribution in [2.24, 2.45) is 0 Å². The van der Waals surface area contributed by atoms with Crippen LogP contribution in [0.3, 0.4) is 0 Å². The van der Waals surface area contributed by atoms with Gasteiger partial charge in [0, 0.05) is 0 Å². The second-order valence-electron chi connectivity index (χ2n) is 4.70. The Kier molecular flexibility index (Phi) is 4.90. The van der Waals surface area contributed by atoms with Crippen molar-refractivity contribution >= 4 is 28.7 Å². The van der Waals surface area contributed by atoms with Crippen molar-refractivity contribution < 1.29 is 18.0 Å². The Bertz CT molecular complexity index is 691. The number of aryl methyl sites for hydroxylation is 1. The molecule has 22 heavy (non-hydrogen) atoms. The summed E-state index contributed by atoms with van der Waals surface area (Å²) < 4.78 is 36.3. The first-order valence-electron chi connectivity index (χ1n) is 6.51. The first-order valence-corrected chi connectivity index (χ1v) is 7.39. The first-order chi connectivity index (χ1) is 10.3. The molecular formula is C14H14F3N3OS. The van der Waals surface area contributed by atoms with E-state index in [4.69, 9.17) is 0 Å². The molecule has 118 valence electrons. The predicted octanol–water partition coefficient (Wildman–Crippen LogP) is 3.10. The highest BCUT2D eigenvalue weighted by molar-refractivity contribution is 8.00. The molecule has 0 aliphatic carbocycles. The number of nitrogens with one attached hydrogen (secondary N) is 1. The topological polar surface area (TPSA) is 54.9 Å². The lowest BCUT2D eigenvalue weighted by Gasteiger charge is -2.14. The maximum atomic E-state index is 12.1. The monoisotopic (exact) mass is 329 g/mol. The number of para-hydroxylation sites is 2. The largest absolute Gasteiger partial charge is 0.405 e. The molecule has 4 nitrogen and oxygen atoms in total. The van der Waals surface area contributed by atoms with Gasteiger partial charge in [-0.15, -0.1) is 0 Å². The van der Waals surface area contributed by atoms with E-state index in [2.05, 4.69) is 9.97 Å². The molecule has 2 rings (SSSR count). The Morgan fingerprint density at radius 2 is 1.86 bits per heavy atom. The molecule has 8 heteroatoms. The number of carbonyl (C=O) groups excluding carboxylic acids is 1. The zero-order valence-corrected chi connectivity index (χ0v) is 12.8. The number of aromatic nitrogens is 2. The van der Waals surface area contributed by atoms with Crippen LogP contribution in [0, 0.1) is 6.92 Å². The van der Waals surface area contributed by atoms with Crippen molar-refractivity contribution in [2.45, 2.75) is 30.3 Å². The maximum absolute atomic E-state index is 12.1. The number of halogens is 3. The molecule has 0 bridgehead atoms. The average molecular weight is 329 g/mol. The Morgan fingerprint density at radius 3 is 2.45 bits per heavy atom. The van der Waals surface area contributed by atoms with Crippen LogP contribution in [0.2, 0.25) is 0 Å². The van der Waals surface area contributed by atoms with Gasteiger partial charge in [-0.1, -0.05) is 23.9 Å². The molecule has 0 aliphatic rings. The van der Waals surface area contributed by atoms with Crippen molar-refractivity contribution in [3.8, 4) is 0 Å². The molecule has 1 aromatic carbocycles. The summed E-state index contributed by atoms with van der Waals surface area (Å²) in [5.41, 5.74) is 2.05. The van der Waals surface area contributed by atoms with Crippen LogP contribution >= 0.6 is 11.8 Å². The van der Waals surface area contributed by atoms with Crippen LogP contribution in [0.4, 0.5) is 13.2 Å². The fraction of sp³-hybridized carbons (Fsp3) is 0.357. The number of carbonyl (C=O) groups is 1. The number of nitrogens with zero attached hydrogens (tertiary/aromatic N) is 2. The molecule has 1 N–H and O–H groups in total. The first kappa shape index (κ1) is 16.5. The van der Waals surface area contributed by atoms with Crippen LogP contribution in [0.1, 0.15) is 12.6 Å². The molecular weight excluding hydrogens is 315 g/mol. The molecule has 1 heterocycles. The summed E-state index contributed by atoms with van der Waals surface area (Å²) in [4.78, 5) is 20.5. The van der Waals surface area contributed by atoms with E-state index >= 15 is 0 Å². The average Bonchev–Trinajstić information content (AvgIpc) is 2.44. The van der Waals surface area contributed by atoms with E-state index in [9.17, 15) is 18.0 Å². The van der Waals surface area contributed by atoms with E-state index in [0.717, 1.165) is 17.3 Å². The van der Waals surface area contributed by atoms with Gasteiger partial charge >= 0.3 is 6.18 Å². The number of thioether (sulfide) groups is 1. The van der Waals surface area contributed by atoms with Crippen molar-refractivity contribution in [1.82, 2.24) is 15.3 Å². The lowest BCUT2D eigenvalue weighted by atomic mass is 10.3. The van der Waals surface area contributed by atoms with Gasteiger partial charge in [-0.05, 0) is 26.0 Å². The van der Waals surface area contributed by atoms with Crippen LogP contribution in [-0.4, -0.2) is 33.8 Å². The lowest BCUT2D eigenvalue weighted by molar-refractivity contribution is -0.137. The molecule has 0 aliphatic heterocycles. The third-order valence-electron chi connectivity index (χ3n) is 2.82. The van der Waals surface area contributed by atoms with Gasteiger partial charge in [0.2, 0.25) is 5.91 Å². The molecule has 1 aromatic heterocycles. The number of hydrogen-bond donors (Lipinski definition) is 1.